The number of aliphatic hydroxyl groups is 1. The highest BCUT2D eigenvalue weighted by atomic mass is 16.6. The Labute approximate surface area is 218 Å². The number of carbonyl (C=O) groups excluding carboxylic acids is 4. The highest BCUT2D eigenvalue weighted by molar-refractivity contribution is 5.68. The lowest BCUT2D eigenvalue weighted by atomic mass is 9.38. The van der Waals surface area contributed by atoms with Crippen LogP contribution in [0.25, 0.3) is 0 Å². The molecule has 10 atom stereocenters. The number of aliphatic hydroxyl groups excluding tert-OH is 1. The molecule has 0 radical (unpaired) electrons. The van der Waals surface area contributed by atoms with Gasteiger partial charge in [0, 0.05) is 45.4 Å². The SMILES string of the molecule is C=C1[C@@H]2C[C@H](OC(C)=O)[C@H]3[C@]4(C)[C@@H](OC(C)=O)C[C@H](O)C(C)(C)[C@H]4C[C@H](OC(C)=O)[C@]3(C2)[C@H]1OC(C)=O. The molecule has 1 spiro atoms. The molecule has 4 saturated carbocycles. The van der Waals surface area contributed by atoms with Gasteiger partial charge in [0.05, 0.1) is 11.5 Å². The van der Waals surface area contributed by atoms with Gasteiger partial charge in [-0.2, -0.15) is 0 Å². The number of carbonyl (C=O) groups is 4. The molecule has 0 heterocycles. The minimum Gasteiger partial charge on any atom is -0.462 e. The number of hydrogen-bond acceptors (Lipinski definition) is 9. The molecule has 9 heteroatoms. The molecule has 4 aliphatic carbocycles. The topological polar surface area (TPSA) is 125 Å². The van der Waals surface area contributed by atoms with E-state index in [-0.39, 0.29) is 18.3 Å². The van der Waals surface area contributed by atoms with Gasteiger partial charge in [-0.3, -0.25) is 19.2 Å². The number of fused-ring (bicyclic) bond motifs is 3. The van der Waals surface area contributed by atoms with Crippen molar-refractivity contribution in [2.75, 3.05) is 0 Å². The van der Waals surface area contributed by atoms with Crippen LogP contribution in [0.3, 0.4) is 0 Å². The molecule has 0 aromatic rings. The largest absolute Gasteiger partial charge is 0.462 e. The van der Waals surface area contributed by atoms with Crippen molar-refractivity contribution in [2.24, 2.45) is 34.0 Å². The van der Waals surface area contributed by atoms with E-state index >= 15 is 0 Å². The maximum Gasteiger partial charge on any atom is 0.303 e. The summed E-state index contributed by atoms with van der Waals surface area (Å²) in [5.41, 5.74) is -1.68. The van der Waals surface area contributed by atoms with Crippen molar-refractivity contribution in [3.63, 3.8) is 0 Å². The van der Waals surface area contributed by atoms with E-state index < -0.39 is 76.6 Å². The van der Waals surface area contributed by atoms with E-state index in [1.165, 1.54) is 27.7 Å². The minimum atomic E-state index is -0.945. The van der Waals surface area contributed by atoms with Gasteiger partial charge >= 0.3 is 23.9 Å². The molecular formula is C28H40O9. The Hall–Kier alpha value is -2.42. The fourth-order valence-corrected chi connectivity index (χ4v) is 8.83. The van der Waals surface area contributed by atoms with Crippen LogP contribution in [0.4, 0.5) is 0 Å². The molecule has 206 valence electrons. The molecular weight excluding hydrogens is 480 g/mol. The Morgan fingerprint density at radius 3 is 1.89 bits per heavy atom. The van der Waals surface area contributed by atoms with Gasteiger partial charge in [-0.15, -0.1) is 0 Å². The predicted molar refractivity (Wildman–Crippen MR) is 131 cm³/mol. The first-order valence-corrected chi connectivity index (χ1v) is 13.1. The first kappa shape index (κ1) is 27.6. The van der Waals surface area contributed by atoms with Crippen molar-refractivity contribution in [3.8, 4) is 0 Å². The summed E-state index contributed by atoms with van der Waals surface area (Å²) in [7, 11) is 0. The summed E-state index contributed by atoms with van der Waals surface area (Å²) in [6, 6.07) is 0. The summed E-state index contributed by atoms with van der Waals surface area (Å²) < 4.78 is 23.9. The molecule has 0 aromatic carbocycles. The maximum absolute atomic E-state index is 12.4. The molecule has 4 fully saturated rings. The quantitative estimate of drug-likeness (QED) is 0.338. The first-order valence-electron chi connectivity index (χ1n) is 13.1. The summed E-state index contributed by atoms with van der Waals surface area (Å²) >= 11 is 0. The minimum absolute atomic E-state index is 0.113. The highest BCUT2D eigenvalue weighted by Crippen LogP contribution is 2.73. The van der Waals surface area contributed by atoms with Gasteiger partial charge in [0.15, 0.2) is 0 Å². The van der Waals surface area contributed by atoms with E-state index in [1.807, 2.05) is 20.8 Å². The summed E-state index contributed by atoms with van der Waals surface area (Å²) in [6.07, 6.45) is -2.00. The number of ether oxygens (including phenoxy) is 4. The Balaban J connectivity index is 2.01. The van der Waals surface area contributed by atoms with Crippen LogP contribution in [0, 0.1) is 34.0 Å². The van der Waals surface area contributed by atoms with Gasteiger partial charge in [-0.25, -0.2) is 0 Å². The van der Waals surface area contributed by atoms with Crippen LogP contribution in [0.5, 0.6) is 0 Å². The van der Waals surface area contributed by atoms with Gasteiger partial charge in [-0.1, -0.05) is 27.4 Å². The van der Waals surface area contributed by atoms with Crippen LogP contribution < -0.4 is 0 Å². The first-order chi connectivity index (χ1) is 17.1. The van der Waals surface area contributed by atoms with Crippen molar-refractivity contribution < 1.29 is 43.2 Å². The third-order valence-corrected chi connectivity index (χ3v) is 9.99. The van der Waals surface area contributed by atoms with Crippen molar-refractivity contribution in [3.05, 3.63) is 12.2 Å². The molecule has 9 nitrogen and oxygen atoms in total. The lowest BCUT2D eigenvalue weighted by Crippen LogP contribution is -2.73. The van der Waals surface area contributed by atoms with Gasteiger partial charge in [0.25, 0.3) is 0 Å². The number of esters is 4. The second-order valence-electron chi connectivity index (χ2n) is 12.4. The molecule has 2 bridgehead atoms. The van der Waals surface area contributed by atoms with Crippen LogP contribution in [0.2, 0.25) is 0 Å². The van der Waals surface area contributed by atoms with E-state index in [9.17, 15) is 24.3 Å². The van der Waals surface area contributed by atoms with Crippen LogP contribution in [-0.2, 0) is 38.1 Å². The highest BCUT2D eigenvalue weighted by Gasteiger charge is 2.77. The Morgan fingerprint density at radius 2 is 1.35 bits per heavy atom. The molecule has 4 rings (SSSR count). The number of rotatable bonds is 4. The zero-order valence-electron chi connectivity index (χ0n) is 22.9. The zero-order chi connectivity index (χ0) is 27.7. The molecule has 1 N–H and O–H groups in total. The summed E-state index contributed by atoms with van der Waals surface area (Å²) in [6.45, 7) is 15.6. The third-order valence-electron chi connectivity index (χ3n) is 9.99. The molecule has 0 amide bonds. The van der Waals surface area contributed by atoms with E-state index in [0.717, 1.165) is 0 Å². The average molecular weight is 521 g/mol. The predicted octanol–water partition coefficient (Wildman–Crippen LogP) is 3.11. The van der Waals surface area contributed by atoms with E-state index in [0.29, 0.717) is 24.8 Å². The normalized spacial score (nSPS) is 43.6. The lowest BCUT2D eigenvalue weighted by molar-refractivity contribution is -0.294. The zero-order valence-corrected chi connectivity index (χ0v) is 22.9. The van der Waals surface area contributed by atoms with E-state index in [4.69, 9.17) is 18.9 Å². The van der Waals surface area contributed by atoms with Gasteiger partial charge < -0.3 is 24.1 Å². The molecule has 4 aliphatic rings. The monoisotopic (exact) mass is 520 g/mol. The van der Waals surface area contributed by atoms with Gasteiger partial charge in [0.2, 0.25) is 0 Å². The third kappa shape index (κ3) is 4.08. The Morgan fingerprint density at radius 1 is 0.811 bits per heavy atom. The lowest BCUT2D eigenvalue weighted by Gasteiger charge is -2.68. The van der Waals surface area contributed by atoms with Crippen LogP contribution in [0.15, 0.2) is 12.2 Å². The molecule has 37 heavy (non-hydrogen) atoms. The van der Waals surface area contributed by atoms with Crippen molar-refractivity contribution in [1.82, 2.24) is 0 Å². The van der Waals surface area contributed by atoms with Crippen molar-refractivity contribution in [1.29, 1.82) is 0 Å². The maximum atomic E-state index is 12.4. The smallest absolute Gasteiger partial charge is 0.303 e. The fraction of sp³-hybridized carbons (Fsp3) is 0.786. The Kier molecular flexibility index (Phi) is 6.79. The van der Waals surface area contributed by atoms with E-state index in [1.54, 1.807) is 0 Å². The second-order valence-corrected chi connectivity index (χ2v) is 12.4. The molecule has 0 aromatic heterocycles. The van der Waals surface area contributed by atoms with E-state index in [2.05, 4.69) is 6.58 Å². The molecule has 0 saturated heterocycles. The van der Waals surface area contributed by atoms with Gasteiger partial charge in [-0.05, 0) is 42.1 Å². The summed E-state index contributed by atoms with van der Waals surface area (Å²) in [5.74, 6) is -2.79. The Bertz CT molecular complexity index is 1020. The summed E-state index contributed by atoms with van der Waals surface area (Å²) in [4.78, 5) is 49.5. The van der Waals surface area contributed by atoms with Crippen molar-refractivity contribution in [2.45, 2.75) is 105 Å². The molecule has 0 aliphatic heterocycles. The van der Waals surface area contributed by atoms with Crippen LogP contribution >= 0.6 is 0 Å². The van der Waals surface area contributed by atoms with Gasteiger partial charge in [0.1, 0.15) is 24.4 Å². The molecule has 0 unspecified atom stereocenters. The van der Waals surface area contributed by atoms with Crippen LogP contribution in [-0.4, -0.2) is 59.5 Å². The summed E-state index contributed by atoms with van der Waals surface area (Å²) in [5, 5.41) is 11.2. The number of hydrogen-bond donors (Lipinski definition) is 1. The fourth-order valence-electron chi connectivity index (χ4n) is 8.83. The van der Waals surface area contributed by atoms with Crippen LogP contribution in [0.1, 0.15) is 74.1 Å². The second kappa shape index (κ2) is 9.10. The average Bonchev–Trinajstić information content (AvgIpc) is 2.94. The standard InChI is InChI=1S/C28H40O9/c1-13-18-9-19(34-14(2)29)24-27(8)20(26(6,7)21(33)11-22(27)35-15(3)30)10-23(36-16(4)31)28(24,12-18)25(13)37-17(5)32/h18-25,33H,1,9-12H2,2-8H3/t18-,19+,20-,21+,22+,23+,24+,25+,27+,28+/m1/s1. The van der Waals surface area contributed by atoms with Crippen molar-refractivity contribution >= 4 is 23.9 Å².